The summed E-state index contributed by atoms with van der Waals surface area (Å²) in [7, 11) is 0. The minimum Gasteiger partial charge on any atom is -0.324 e. The summed E-state index contributed by atoms with van der Waals surface area (Å²) in [5.41, 5.74) is 12.3. The molecule has 0 saturated heterocycles. The van der Waals surface area contributed by atoms with Crippen LogP contribution in [0.4, 0.5) is 0 Å². The molecule has 100 valence electrons. The van der Waals surface area contributed by atoms with E-state index in [1.165, 1.54) is 22.3 Å². The van der Waals surface area contributed by atoms with Crippen LogP contribution < -0.4 is 5.73 Å². The Morgan fingerprint density at radius 1 is 0.950 bits per heavy atom. The zero-order chi connectivity index (χ0) is 13.7. The third kappa shape index (κ3) is 1.47. The maximum absolute atomic E-state index is 6.33. The van der Waals surface area contributed by atoms with E-state index in [0.717, 1.165) is 6.42 Å². The monoisotopic (exact) mass is 261 g/mol. The molecule has 3 aliphatic rings. The average Bonchev–Trinajstić information content (AvgIpc) is 2.54. The zero-order valence-corrected chi connectivity index (χ0v) is 11.5. The maximum atomic E-state index is 6.33. The van der Waals surface area contributed by atoms with E-state index in [-0.39, 0.29) is 6.04 Å². The number of rotatable bonds is 2. The van der Waals surface area contributed by atoms with Crippen molar-refractivity contribution in [3.63, 3.8) is 0 Å². The molecule has 2 bridgehead atoms. The van der Waals surface area contributed by atoms with Gasteiger partial charge in [-0.05, 0) is 34.6 Å². The van der Waals surface area contributed by atoms with Gasteiger partial charge in [0.05, 0.1) is 0 Å². The second-order valence-corrected chi connectivity index (χ2v) is 6.00. The molecule has 2 aromatic rings. The van der Waals surface area contributed by atoms with Gasteiger partial charge >= 0.3 is 0 Å². The van der Waals surface area contributed by atoms with E-state index in [1.807, 2.05) is 6.08 Å². The molecule has 5 rings (SSSR count). The fourth-order valence-electron chi connectivity index (χ4n) is 4.24. The third-order valence-corrected chi connectivity index (χ3v) is 5.12. The van der Waals surface area contributed by atoms with Crippen molar-refractivity contribution >= 4 is 0 Å². The Hall–Kier alpha value is -1.86. The Morgan fingerprint density at radius 2 is 1.45 bits per heavy atom. The van der Waals surface area contributed by atoms with Crippen molar-refractivity contribution in [3.8, 4) is 0 Å². The summed E-state index contributed by atoms with van der Waals surface area (Å²) in [5, 5.41) is 0. The second kappa shape index (κ2) is 4.32. The summed E-state index contributed by atoms with van der Waals surface area (Å²) in [6.07, 6.45) is 3.06. The van der Waals surface area contributed by atoms with Crippen molar-refractivity contribution in [3.05, 3.63) is 83.4 Å². The van der Waals surface area contributed by atoms with E-state index in [0.29, 0.717) is 17.8 Å². The Morgan fingerprint density at radius 3 is 1.95 bits per heavy atom. The molecule has 0 heterocycles. The summed E-state index contributed by atoms with van der Waals surface area (Å²) in [6, 6.07) is 17.8. The van der Waals surface area contributed by atoms with Gasteiger partial charge in [-0.2, -0.15) is 0 Å². The third-order valence-electron chi connectivity index (χ3n) is 5.12. The molecular weight excluding hydrogens is 242 g/mol. The van der Waals surface area contributed by atoms with E-state index in [1.54, 1.807) is 0 Å². The molecule has 2 unspecified atom stereocenters. The molecule has 2 atom stereocenters. The molecule has 20 heavy (non-hydrogen) atoms. The van der Waals surface area contributed by atoms with Gasteiger partial charge in [-0.25, -0.2) is 0 Å². The van der Waals surface area contributed by atoms with E-state index < -0.39 is 0 Å². The van der Waals surface area contributed by atoms with E-state index >= 15 is 0 Å². The lowest BCUT2D eigenvalue weighted by Crippen LogP contribution is -2.41. The van der Waals surface area contributed by atoms with Crippen molar-refractivity contribution < 1.29 is 0 Å². The van der Waals surface area contributed by atoms with Crippen LogP contribution >= 0.6 is 0 Å². The van der Waals surface area contributed by atoms with Crippen LogP contribution in [0.1, 0.15) is 40.5 Å². The molecule has 0 fully saturated rings. The van der Waals surface area contributed by atoms with Crippen LogP contribution in [0.25, 0.3) is 0 Å². The lowest BCUT2D eigenvalue weighted by molar-refractivity contribution is 0.329. The molecule has 0 aromatic heterocycles. The standard InChI is InChI=1S/C19H19N/c1-2-18(20)17-11-16-12-7-3-5-9-14(12)19(17)15-10-6-4-8-13(15)16/h2-10,16-19H,1,11,20H2. The molecule has 1 heteroatoms. The smallest absolute Gasteiger partial charge is 0.0259 e. The van der Waals surface area contributed by atoms with Gasteiger partial charge in [0.1, 0.15) is 0 Å². The summed E-state index contributed by atoms with van der Waals surface area (Å²) < 4.78 is 0. The SMILES string of the molecule is C=CC(N)C1CC2c3ccccc3C1c1ccccc12. The minimum absolute atomic E-state index is 0.0733. The summed E-state index contributed by atoms with van der Waals surface area (Å²) in [4.78, 5) is 0. The highest BCUT2D eigenvalue weighted by atomic mass is 14.7. The number of benzene rings is 2. The topological polar surface area (TPSA) is 26.0 Å². The highest BCUT2D eigenvalue weighted by Gasteiger charge is 2.44. The molecule has 0 radical (unpaired) electrons. The normalized spacial score (nSPS) is 27.6. The van der Waals surface area contributed by atoms with Gasteiger partial charge in [0, 0.05) is 17.9 Å². The van der Waals surface area contributed by atoms with E-state index in [9.17, 15) is 0 Å². The van der Waals surface area contributed by atoms with Gasteiger partial charge in [0.15, 0.2) is 0 Å². The van der Waals surface area contributed by atoms with Crippen molar-refractivity contribution in [1.82, 2.24) is 0 Å². The average molecular weight is 261 g/mol. The summed E-state index contributed by atoms with van der Waals surface area (Å²) >= 11 is 0. The predicted molar refractivity (Wildman–Crippen MR) is 82.8 cm³/mol. The highest BCUT2D eigenvalue weighted by molar-refractivity contribution is 5.56. The lowest BCUT2D eigenvalue weighted by Gasteiger charge is -2.47. The van der Waals surface area contributed by atoms with Crippen LogP contribution in [-0.2, 0) is 0 Å². The fraction of sp³-hybridized carbons (Fsp3) is 0.263. The fourth-order valence-corrected chi connectivity index (χ4v) is 4.24. The molecule has 1 nitrogen and oxygen atoms in total. The maximum Gasteiger partial charge on any atom is 0.0259 e. The number of hydrogen-bond donors (Lipinski definition) is 1. The molecule has 0 spiro atoms. The second-order valence-electron chi connectivity index (χ2n) is 6.00. The molecule has 0 amide bonds. The first-order valence-electron chi connectivity index (χ1n) is 7.37. The Balaban J connectivity index is 1.95. The number of nitrogens with two attached hydrogens (primary N) is 1. The van der Waals surface area contributed by atoms with E-state index in [4.69, 9.17) is 5.73 Å². The van der Waals surface area contributed by atoms with Gasteiger partial charge in [-0.1, -0.05) is 54.6 Å². The van der Waals surface area contributed by atoms with Crippen molar-refractivity contribution in [1.29, 1.82) is 0 Å². The van der Waals surface area contributed by atoms with Crippen LogP contribution in [0.5, 0.6) is 0 Å². The van der Waals surface area contributed by atoms with Gasteiger partial charge in [-0.3, -0.25) is 0 Å². The zero-order valence-electron chi connectivity index (χ0n) is 11.5. The number of fused-ring (bicyclic) bond motifs is 1. The largest absolute Gasteiger partial charge is 0.324 e. The van der Waals surface area contributed by atoms with Crippen molar-refractivity contribution in [2.45, 2.75) is 24.3 Å². The molecular formula is C19H19N. The predicted octanol–water partition coefficient (Wildman–Crippen LogP) is 3.80. The first-order valence-corrected chi connectivity index (χ1v) is 7.37. The molecule has 0 saturated carbocycles. The van der Waals surface area contributed by atoms with Crippen LogP contribution in [0.3, 0.4) is 0 Å². The van der Waals surface area contributed by atoms with Crippen LogP contribution in [0.2, 0.25) is 0 Å². The van der Waals surface area contributed by atoms with Gasteiger partial charge < -0.3 is 5.73 Å². The van der Waals surface area contributed by atoms with Crippen LogP contribution in [0.15, 0.2) is 61.2 Å². The van der Waals surface area contributed by atoms with Gasteiger partial charge in [-0.15, -0.1) is 6.58 Å². The lowest BCUT2D eigenvalue weighted by atomic mass is 9.57. The molecule has 0 aliphatic heterocycles. The molecule has 2 N–H and O–H groups in total. The number of hydrogen-bond acceptors (Lipinski definition) is 1. The first kappa shape index (κ1) is 11.9. The quantitative estimate of drug-likeness (QED) is 0.818. The van der Waals surface area contributed by atoms with Crippen LogP contribution in [0, 0.1) is 5.92 Å². The van der Waals surface area contributed by atoms with Gasteiger partial charge in [0.25, 0.3) is 0 Å². The Kier molecular flexibility index (Phi) is 2.58. The van der Waals surface area contributed by atoms with Gasteiger partial charge in [0.2, 0.25) is 0 Å². The summed E-state index contributed by atoms with van der Waals surface area (Å²) in [5.74, 6) is 1.41. The van der Waals surface area contributed by atoms with Crippen molar-refractivity contribution in [2.24, 2.45) is 11.7 Å². The summed E-state index contributed by atoms with van der Waals surface area (Å²) in [6.45, 7) is 3.91. The van der Waals surface area contributed by atoms with Crippen LogP contribution in [-0.4, -0.2) is 6.04 Å². The molecule has 2 aromatic carbocycles. The van der Waals surface area contributed by atoms with E-state index in [2.05, 4.69) is 55.1 Å². The Bertz CT molecular complexity index is 625. The highest BCUT2D eigenvalue weighted by Crippen LogP contribution is 2.55. The first-order chi connectivity index (χ1) is 9.81. The van der Waals surface area contributed by atoms with Crippen molar-refractivity contribution in [2.75, 3.05) is 0 Å². The minimum atomic E-state index is 0.0733. The Labute approximate surface area is 120 Å². The molecule has 3 aliphatic carbocycles.